The maximum Gasteiger partial charge on any atom is 0.356 e. The number of carbonyl (C=O) groups is 1. The molecule has 0 bridgehead atoms. The molecule has 5 nitrogen and oxygen atoms in total. The molecule has 2 heterocycles. The molecule has 1 aliphatic heterocycles. The van der Waals surface area contributed by atoms with Crippen molar-refractivity contribution < 1.29 is 14.3 Å². The Morgan fingerprint density at radius 2 is 2.09 bits per heavy atom. The highest BCUT2D eigenvalue weighted by atomic mass is 19.1. The summed E-state index contributed by atoms with van der Waals surface area (Å²) in [6.07, 6.45) is 4.10. The number of carboxylic acids is 1. The van der Waals surface area contributed by atoms with Gasteiger partial charge in [-0.3, -0.25) is 9.58 Å². The van der Waals surface area contributed by atoms with Crippen molar-refractivity contribution in [1.29, 1.82) is 0 Å². The van der Waals surface area contributed by atoms with Crippen LogP contribution in [0, 0.1) is 0 Å². The van der Waals surface area contributed by atoms with Crippen LogP contribution >= 0.6 is 0 Å². The first-order valence-corrected chi connectivity index (χ1v) is 8.30. The fourth-order valence-corrected chi connectivity index (χ4v) is 3.78. The van der Waals surface area contributed by atoms with Crippen molar-refractivity contribution in [2.24, 2.45) is 0 Å². The Bertz CT molecular complexity index is 550. The number of aryl methyl sites for hydroxylation is 1. The monoisotopic (exact) mass is 309 g/mol. The second-order valence-electron chi connectivity index (χ2n) is 6.41. The van der Waals surface area contributed by atoms with E-state index in [0.717, 1.165) is 56.6 Å². The van der Waals surface area contributed by atoms with Crippen molar-refractivity contribution in [1.82, 2.24) is 14.7 Å². The summed E-state index contributed by atoms with van der Waals surface area (Å²) in [6.45, 7) is 4.41. The van der Waals surface area contributed by atoms with Crippen molar-refractivity contribution in [3.05, 3.63) is 17.0 Å². The average molecular weight is 309 g/mol. The molecule has 122 valence electrons. The van der Waals surface area contributed by atoms with Crippen molar-refractivity contribution in [3.63, 3.8) is 0 Å². The summed E-state index contributed by atoms with van der Waals surface area (Å²) in [5, 5.41) is 13.7. The minimum Gasteiger partial charge on any atom is -0.476 e. The van der Waals surface area contributed by atoms with E-state index in [4.69, 9.17) is 0 Å². The summed E-state index contributed by atoms with van der Waals surface area (Å²) in [5.41, 5.74) is 2.21. The van der Waals surface area contributed by atoms with Crippen LogP contribution < -0.4 is 0 Å². The minimum atomic E-state index is -0.936. The summed E-state index contributed by atoms with van der Waals surface area (Å²) in [6, 6.07) is 0.331. The summed E-state index contributed by atoms with van der Waals surface area (Å²) in [4.78, 5) is 13.8. The molecular formula is C16H24FN3O2. The molecule has 1 atom stereocenters. The van der Waals surface area contributed by atoms with Crippen LogP contribution in [0.4, 0.5) is 4.39 Å². The van der Waals surface area contributed by atoms with E-state index >= 15 is 0 Å². The highest BCUT2D eigenvalue weighted by Gasteiger charge is 2.33. The third kappa shape index (κ3) is 2.89. The van der Waals surface area contributed by atoms with Gasteiger partial charge < -0.3 is 5.11 Å². The molecule has 1 N–H and O–H groups in total. The normalized spacial score (nSPS) is 23.5. The van der Waals surface area contributed by atoms with Gasteiger partial charge in [-0.1, -0.05) is 6.92 Å². The topological polar surface area (TPSA) is 58.4 Å². The predicted octanol–water partition coefficient (Wildman–Crippen LogP) is 2.28. The highest BCUT2D eigenvalue weighted by Crippen LogP contribution is 2.29. The number of fused-ring (bicyclic) bond motifs is 1. The van der Waals surface area contributed by atoms with Gasteiger partial charge in [-0.25, -0.2) is 9.18 Å². The van der Waals surface area contributed by atoms with Gasteiger partial charge in [0.15, 0.2) is 5.69 Å². The SMILES string of the molecule is CCCn1nc(C(=O)O)c2c1CCC(N1CCC(F)CC1)C2. The van der Waals surface area contributed by atoms with Crippen molar-refractivity contribution in [2.75, 3.05) is 13.1 Å². The van der Waals surface area contributed by atoms with Gasteiger partial charge in [0.05, 0.1) is 0 Å². The third-order valence-electron chi connectivity index (χ3n) is 4.93. The highest BCUT2D eigenvalue weighted by molar-refractivity contribution is 5.87. The summed E-state index contributed by atoms with van der Waals surface area (Å²) < 4.78 is 15.2. The van der Waals surface area contributed by atoms with Crippen LogP contribution in [0.3, 0.4) is 0 Å². The molecule has 1 saturated heterocycles. The summed E-state index contributed by atoms with van der Waals surface area (Å²) in [5.74, 6) is -0.936. The summed E-state index contributed by atoms with van der Waals surface area (Å²) >= 11 is 0. The minimum absolute atomic E-state index is 0.216. The van der Waals surface area contributed by atoms with Gasteiger partial charge in [-0.2, -0.15) is 5.10 Å². The molecule has 0 aromatic carbocycles. The van der Waals surface area contributed by atoms with Crippen LogP contribution in [0.1, 0.15) is 54.4 Å². The lowest BCUT2D eigenvalue weighted by atomic mass is 9.89. The van der Waals surface area contributed by atoms with Crippen molar-refractivity contribution in [3.8, 4) is 0 Å². The Balaban J connectivity index is 1.80. The van der Waals surface area contributed by atoms with E-state index in [9.17, 15) is 14.3 Å². The largest absolute Gasteiger partial charge is 0.476 e. The van der Waals surface area contributed by atoms with Crippen LogP contribution in [0.5, 0.6) is 0 Å². The number of aromatic nitrogens is 2. The number of likely N-dealkylation sites (tertiary alicyclic amines) is 1. The Labute approximate surface area is 130 Å². The molecule has 0 radical (unpaired) electrons. The van der Waals surface area contributed by atoms with Crippen LogP contribution in [0.25, 0.3) is 0 Å². The number of alkyl halides is 1. The van der Waals surface area contributed by atoms with Crippen LogP contribution in [-0.4, -0.2) is 51.1 Å². The van der Waals surface area contributed by atoms with Crippen molar-refractivity contribution >= 4 is 5.97 Å². The Kier molecular flexibility index (Phi) is 4.47. The standard InChI is InChI=1S/C16H24FN3O2/c1-2-7-20-14-4-3-12(19-8-5-11(17)6-9-19)10-13(14)15(18-20)16(21)22/h11-12H,2-10H2,1H3,(H,21,22). The lowest BCUT2D eigenvalue weighted by Crippen LogP contribution is -2.44. The molecule has 6 heteroatoms. The van der Waals surface area contributed by atoms with E-state index in [0.29, 0.717) is 18.9 Å². The molecule has 3 rings (SSSR count). The number of hydrogen-bond donors (Lipinski definition) is 1. The van der Waals surface area contributed by atoms with E-state index in [2.05, 4.69) is 16.9 Å². The number of piperidine rings is 1. The van der Waals surface area contributed by atoms with E-state index in [1.54, 1.807) is 0 Å². The molecule has 2 aliphatic rings. The quantitative estimate of drug-likeness (QED) is 0.927. The Hall–Kier alpha value is -1.43. The predicted molar refractivity (Wildman–Crippen MR) is 81.0 cm³/mol. The zero-order valence-corrected chi connectivity index (χ0v) is 13.1. The van der Waals surface area contributed by atoms with Gasteiger partial charge >= 0.3 is 5.97 Å². The number of hydrogen-bond acceptors (Lipinski definition) is 3. The Morgan fingerprint density at radius 3 is 2.73 bits per heavy atom. The number of aromatic carboxylic acids is 1. The number of carboxylic acid groups (broad SMARTS) is 1. The van der Waals surface area contributed by atoms with Crippen LogP contribution in [-0.2, 0) is 19.4 Å². The van der Waals surface area contributed by atoms with E-state index in [1.807, 2.05) is 4.68 Å². The first kappa shape index (κ1) is 15.5. The summed E-state index contributed by atoms with van der Waals surface area (Å²) in [7, 11) is 0. The Morgan fingerprint density at radius 1 is 1.36 bits per heavy atom. The van der Waals surface area contributed by atoms with E-state index in [1.165, 1.54) is 0 Å². The van der Waals surface area contributed by atoms with Gasteiger partial charge in [-0.05, 0) is 38.5 Å². The lowest BCUT2D eigenvalue weighted by molar-refractivity contribution is 0.0686. The van der Waals surface area contributed by atoms with Crippen LogP contribution in [0.15, 0.2) is 0 Å². The molecule has 0 amide bonds. The van der Waals surface area contributed by atoms with Gasteiger partial charge in [0.1, 0.15) is 6.17 Å². The van der Waals surface area contributed by atoms with Gasteiger partial charge in [-0.15, -0.1) is 0 Å². The van der Waals surface area contributed by atoms with Gasteiger partial charge in [0, 0.05) is 36.9 Å². The number of nitrogens with zero attached hydrogens (tertiary/aromatic N) is 3. The fourth-order valence-electron chi connectivity index (χ4n) is 3.78. The molecule has 22 heavy (non-hydrogen) atoms. The molecule has 1 aromatic heterocycles. The van der Waals surface area contributed by atoms with Gasteiger partial charge in [0.25, 0.3) is 0 Å². The smallest absolute Gasteiger partial charge is 0.356 e. The lowest BCUT2D eigenvalue weighted by Gasteiger charge is -2.37. The van der Waals surface area contributed by atoms with Gasteiger partial charge in [0.2, 0.25) is 0 Å². The van der Waals surface area contributed by atoms with E-state index in [-0.39, 0.29) is 5.69 Å². The fraction of sp³-hybridized carbons (Fsp3) is 0.750. The molecule has 1 fully saturated rings. The first-order valence-electron chi connectivity index (χ1n) is 8.30. The molecule has 1 aromatic rings. The zero-order valence-electron chi connectivity index (χ0n) is 13.1. The second kappa shape index (κ2) is 6.36. The molecule has 1 unspecified atom stereocenters. The van der Waals surface area contributed by atoms with E-state index < -0.39 is 12.1 Å². The molecule has 0 spiro atoms. The van der Waals surface area contributed by atoms with Crippen molar-refractivity contribution in [2.45, 2.75) is 64.2 Å². The first-order chi connectivity index (χ1) is 10.6. The maximum absolute atomic E-state index is 13.3. The molecule has 1 aliphatic carbocycles. The zero-order chi connectivity index (χ0) is 15.7. The third-order valence-corrected chi connectivity index (χ3v) is 4.93. The second-order valence-corrected chi connectivity index (χ2v) is 6.41. The number of halogens is 1. The van der Waals surface area contributed by atoms with Crippen LogP contribution in [0.2, 0.25) is 0 Å². The average Bonchev–Trinajstić information content (AvgIpc) is 2.87. The maximum atomic E-state index is 13.3. The molecular weight excluding hydrogens is 285 g/mol. The number of rotatable bonds is 4. The molecule has 0 saturated carbocycles.